The zero-order valence-corrected chi connectivity index (χ0v) is 19.0. The Morgan fingerprint density at radius 2 is 1.65 bits per heavy atom. The van der Waals surface area contributed by atoms with Crippen molar-refractivity contribution in [2.45, 2.75) is 24.3 Å². The summed E-state index contributed by atoms with van der Waals surface area (Å²) in [6, 6.07) is 12.7. The van der Waals surface area contributed by atoms with Gasteiger partial charge in [0.15, 0.2) is 0 Å². The zero-order valence-electron chi connectivity index (χ0n) is 16.7. The van der Waals surface area contributed by atoms with Crippen LogP contribution in [-0.4, -0.2) is 49.1 Å². The highest BCUT2D eigenvalue weighted by atomic mass is 35.5. The third-order valence-corrected chi connectivity index (χ3v) is 7.74. The van der Waals surface area contributed by atoms with E-state index in [1.54, 1.807) is 29.2 Å². The number of halogens is 2. The molecule has 0 aromatic heterocycles. The lowest BCUT2D eigenvalue weighted by Gasteiger charge is -2.32. The minimum atomic E-state index is -4.00. The predicted molar refractivity (Wildman–Crippen MR) is 119 cm³/mol. The molecule has 1 heterocycles. The maximum Gasteiger partial charge on any atom is 0.243 e. The fraction of sp³-hybridized carbons (Fsp3) is 0.333. The van der Waals surface area contributed by atoms with Crippen molar-refractivity contribution in [3.8, 4) is 0 Å². The molecule has 2 aromatic carbocycles. The Labute approximate surface area is 191 Å². The van der Waals surface area contributed by atoms with Crippen LogP contribution in [0.25, 0.3) is 0 Å². The molecular formula is C21H23Cl2N3O4S. The van der Waals surface area contributed by atoms with E-state index in [2.05, 4.69) is 0 Å². The highest BCUT2D eigenvalue weighted by Gasteiger charge is 2.31. The Morgan fingerprint density at radius 1 is 1.03 bits per heavy atom. The Morgan fingerprint density at radius 3 is 2.23 bits per heavy atom. The molecule has 2 amide bonds. The Balaban J connectivity index is 1.84. The number of sulfonamides is 1. The molecule has 1 saturated heterocycles. The molecule has 0 saturated carbocycles. The molecule has 2 aromatic rings. The lowest BCUT2D eigenvalue weighted by Crippen LogP contribution is -2.46. The van der Waals surface area contributed by atoms with Crippen molar-refractivity contribution in [1.82, 2.24) is 9.21 Å². The molecule has 3 rings (SSSR count). The number of rotatable bonds is 7. The topological polar surface area (TPSA) is 101 Å². The molecule has 0 unspecified atom stereocenters. The van der Waals surface area contributed by atoms with E-state index >= 15 is 0 Å². The molecule has 1 aliphatic heterocycles. The molecular weight excluding hydrogens is 461 g/mol. The van der Waals surface area contributed by atoms with E-state index in [0.29, 0.717) is 41.5 Å². The summed E-state index contributed by atoms with van der Waals surface area (Å²) in [6.45, 7) is 0.298. The number of hydrogen-bond acceptors (Lipinski definition) is 4. The highest BCUT2D eigenvalue weighted by molar-refractivity contribution is 7.89. The summed E-state index contributed by atoms with van der Waals surface area (Å²) in [4.78, 5) is 25.9. The Bertz CT molecular complexity index is 1050. The number of amides is 2. The number of carbonyl (C=O) groups is 2. The summed E-state index contributed by atoms with van der Waals surface area (Å²) >= 11 is 12.1. The van der Waals surface area contributed by atoms with Crippen LogP contribution in [0.3, 0.4) is 0 Å². The van der Waals surface area contributed by atoms with E-state index < -0.39 is 10.0 Å². The van der Waals surface area contributed by atoms with Crippen LogP contribution in [0.4, 0.5) is 0 Å². The first-order valence-electron chi connectivity index (χ1n) is 9.74. The molecule has 0 radical (unpaired) electrons. The van der Waals surface area contributed by atoms with Crippen molar-refractivity contribution in [2.75, 3.05) is 19.6 Å². The third-order valence-electron chi connectivity index (χ3n) is 5.32. The number of benzene rings is 2. The van der Waals surface area contributed by atoms with Crippen molar-refractivity contribution in [2.24, 2.45) is 11.7 Å². The molecule has 0 bridgehead atoms. The van der Waals surface area contributed by atoms with Crippen molar-refractivity contribution in [1.29, 1.82) is 0 Å². The minimum Gasteiger partial charge on any atom is -0.369 e. The van der Waals surface area contributed by atoms with Gasteiger partial charge in [0.05, 0.1) is 11.4 Å². The summed E-state index contributed by atoms with van der Waals surface area (Å²) < 4.78 is 27.8. The molecule has 7 nitrogen and oxygen atoms in total. The lowest BCUT2D eigenvalue weighted by molar-refractivity contribution is -0.135. The summed E-state index contributed by atoms with van der Waals surface area (Å²) in [5.74, 6) is -0.980. The van der Waals surface area contributed by atoms with Crippen LogP contribution in [0.5, 0.6) is 0 Å². The van der Waals surface area contributed by atoms with Crippen molar-refractivity contribution >= 4 is 45.0 Å². The van der Waals surface area contributed by atoms with Gasteiger partial charge in [0.25, 0.3) is 0 Å². The van der Waals surface area contributed by atoms with Gasteiger partial charge < -0.3 is 10.6 Å². The van der Waals surface area contributed by atoms with Gasteiger partial charge in [0.2, 0.25) is 21.8 Å². The SMILES string of the molecule is NC(=O)C1CCN(C(=O)CN(Cc2ccccc2Cl)S(=O)(=O)c2ccc(Cl)cc2)CC1. The van der Waals surface area contributed by atoms with E-state index in [9.17, 15) is 18.0 Å². The van der Waals surface area contributed by atoms with Crippen molar-refractivity contribution in [3.63, 3.8) is 0 Å². The number of nitrogens with two attached hydrogens (primary N) is 1. The van der Waals surface area contributed by atoms with Crippen molar-refractivity contribution in [3.05, 3.63) is 64.1 Å². The summed E-state index contributed by atoms with van der Waals surface area (Å²) in [6.07, 6.45) is 0.936. The van der Waals surface area contributed by atoms with Crippen LogP contribution in [-0.2, 0) is 26.2 Å². The maximum absolute atomic E-state index is 13.3. The van der Waals surface area contributed by atoms with Gasteiger partial charge in [0.1, 0.15) is 0 Å². The van der Waals surface area contributed by atoms with Crippen LogP contribution in [0.1, 0.15) is 18.4 Å². The number of primary amides is 1. The van der Waals surface area contributed by atoms with Crippen LogP contribution in [0.2, 0.25) is 10.0 Å². The van der Waals surface area contributed by atoms with E-state index in [0.717, 1.165) is 4.31 Å². The summed E-state index contributed by atoms with van der Waals surface area (Å²) in [7, 11) is -4.00. The van der Waals surface area contributed by atoms with Gasteiger partial charge in [0, 0.05) is 35.6 Å². The normalized spacial score (nSPS) is 15.3. The molecule has 0 aliphatic carbocycles. The molecule has 0 atom stereocenters. The van der Waals surface area contributed by atoms with Gasteiger partial charge >= 0.3 is 0 Å². The first-order valence-corrected chi connectivity index (χ1v) is 11.9. The highest BCUT2D eigenvalue weighted by Crippen LogP contribution is 2.24. The van der Waals surface area contributed by atoms with Crippen LogP contribution in [0, 0.1) is 5.92 Å². The number of nitrogens with zero attached hydrogens (tertiary/aromatic N) is 2. The van der Waals surface area contributed by atoms with E-state index in [1.165, 1.54) is 24.3 Å². The largest absolute Gasteiger partial charge is 0.369 e. The quantitative estimate of drug-likeness (QED) is 0.653. The molecule has 166 valence electrons. The van der Waals surface area contributed by atoms with Gasteiger partial charge in [-0.1, -0.05) is 41.4 Å². The second kappa shape index (κ2) is 9.99. The second-order valence-electron chi connectivity index (χ2n) is 7.38. The Hall–Kier alpha value is -2.13. The summed E-state index contributed by atoms with van der Waals surface area (Å²) in [5, 5.41) is 0.818. The number of hydrogen-bond donors (Lipinski definition) is 1. The average Bonchev–Trinajstić information content (AvgIpc) is 2.75. The first-order chi connectivity index (χ1) is 14.7. The standard InChI is InChI=1S/C21H23Cl2N3O4S/c22-17-5-7-18(8-6-17)31(29,30)26(13-16-3-1-2-4-19(16)23)14-20(27)25-11-9-15(10-12-25)21(24)28/h1-8,15H,9-14H2,(H2,24,28). The van der Waals surface area contributed by atoms with Gasteiger partial charge in [-0.05, 0) is 48.7 Å². The summed E-state index contributed by atoms with van der Waals surface area (Å²) in [5.41, 5.74) is 5.93. The van der Waals surface area contributed by atoms with Gasteiger partial charge in [-0.2, -0.15) is 4.31 Å². The smallest absolute Gasteiger partial charge is 0.243 e. The molecule has 1 fully saturated rings. The third kappa shape index (κ3) is 5.77. The van der Waals surface area contributed by atoms with Gasteiger partial charge in [-0.25, -0.2) is 8.42 Å². The maximum atomic E-state index is 13.3. The second-order valence-corrected chi connectivity index (χ2v) is 10.2. The number of piperidine rings is 1. The number of likely N-dealkylation sites (tertiary alicyclic amines) is 1. The van der Waals surface area contributed by atoms with E-state index in [-0.39, 0.29) is 35.7 Å². The van der Waals surface area contributed by atoms with Crippen LogP contribution >= 0.6 is 23.2 Å². The zero-order chi connectivity index (χ0) is 22.6. The molecule has 0 spiro atoms. The first kappa shape index (κ1) is 23.5. The molecule has 2 N–H and O–H groups in total. The fourth-order valence-corrected chi connectivity index (χ4v) is 5.15. The van der Waals surface area contributed by atoms with Gasteiger partial charge in [-0.15, -0.1) is 0 Å². The van der Waals surface area contributed by atoms with Crippen LogP contribution in [0.15, 0.2) is 53.4 Å². The fourth-order valence-electron chi connectivity index (χ4n) is 3.46. The lowest BCUT2D eigenvalue weighted by atomic mass is 9.96. The monoisotopic (exact) mass is 483 g/mol. The number of carbonyl (C=O) groups excluding carboxylic acids is 2. The van der Waals surface area contributed by atoms with E-state index in [1.807, 2.05) is 0 Å². The average molecular weight is 484 g/mol. The van der Waals surface area contributed by atoms with Gasteiger partial charge in [-0.3, -0.25) is 9.59 Å². The Kier molecular flexibility index (Phi) is 7.59. The van der Waals surface area contributed by atoms with Crippen molar-refractivity contribution < 1.29 is 18.0 Å². The molecule has 31 heavy (non-hydrogen) atoms. The minimum absolute atomic E-state index is 0.0317. The predicted octanol–water partition coefficient (Wildman–Crippen LogP) is 2.91. The molecule has 1 aliphatic rings. The molecule has 10 heteroatoms. The van der Waals surface area contributed by atoms with Crippen LogP contribution < -0.4 is 5.73 Å². The van der Waals surface area contributed by atoms with E-state index in [4.69, 9.17) is 28.9 Å².